The Morgan fingerprint density at radius 1 is 1.23 bits per heavy atom. The molecule has 7 nitrogen and oxygen atoms in total. The Kier molecular flexibility index (Phi) is 6.46. The number of hydrogen-bond donors (Lipinski definition) is 1. The third-order valence-electron chi connectivity index (χ3n) is 5.67. The van der Waals surface area contributed by atoms with Crippen LogP contribution < -0.4 is 19.9 Å². The van der Waals surface area contributed by atoms with Crippen LogP contribution in [-0.4, -0.2) is 54.3 Å². The van der Waals surface area contributed by atoms with Crippen molar-refractivity contribution in [1.82, 2.24) is 15.3 Å². The van der Waals surface area contributed by atoms with Crippen LogP contribution in [-0.2, 0) is 4.79 Å². The first-order valence-corrected chi connectivity index (χ1v) is 11.0. The zero-order chi connectivity index (χ0) is 22.0. The molecule has 1 aromatic carbocycles. The minimum atomic E-state index is -0.833. The summed E-state index contributed by atoms with van der Waals surface area (Å²) in [4.78, 5) is 24.1. The number of hydrogen-bond acceptors (Lipinski definition) is 6. The van der Waals surface area contributed by atoms with Gasteiger partial charge in [0.25, 0.3) is 0 Å². The number of carbonyl (C=O) groups is 1. The van der Waals surface area contributed by atoms with Crippen molar-refractivity contribution < 1.29 is 13.9 Å². The number of aromatic nitrogens is 2. The van der Waals surface area contributed by atoms with Crippen molar-refractivity contribution in [3.8, 4) is 5.75 Å². The molecule has 2 aromatic rings. The molecular formula is C22H27ClFN5O2. The Hall–Kier alpha value is -2.61. The molecule has 0 bridgehead atoms. The molecule has 31 heavy (non-hydrogen) atoms. The van der Waals surface area contributed by atoms with Gasteiger partial charge in [-0.15, -0.1) is 0 Å². The molecule has 0 saturated carbocycles. The second-order valence-electron chi connectivity index (χ2n) is 8.14. The average Bonchev–Trinajstić information content (AvgIpc) is 3.37. The minimum absolute atomic E-state index is 0.00936. The van der Waals surface area contributed by atoms with Gasteiger partial charge in [0, 0.05) is 26.4 Å². The lowest BCUT2D eigenvalue weighted by atomic mass is 10.1. The van der Waals surface area contributed by atoms with Crippen molar-refractivity contribution >= 4 is 29.3 Å². The van der Waals surface area contributed by atoms with Gasteiger partial charge in [-0.1, -0.05) is 23.7 Å². The minimum Gasteiger partial charge on any atom is -0.489 e. The van der Waals surface area contributed by atoms with E-state index in [1.54, 1.807) is 6.20 Å². The van der Waals surface area contributed by atoms with E-state index in [1.807, 2.05) is 36.1 Å². The van der Waals surface area contributed by atoms with Crippen LogP contribution >= 0.6 is 11.6 Å². The van der Waals surface area contributed by atoms with E-state index >= 15 is 0 Å². The van der Waals surface area contributed by atoms with Crippen molar-refractivity contribution in [2.45, 2.75) is 45.0 Å². The number of anilines is 2. The van der Waals surface area contributed by atoms with E-state index in [0.29, 0.717) is 42.8 Å². The van der Waals surface area contributed by atoms with E-state index in [1.165, 1.54) is 6.92 Å². The third kappa shape index (κ3) is 5.18. The average molecular weight is 448 g/mol. The van der Waals surface area contributed by atoms with Crippen LogP contribution in [0, 0.1) is 0 Å². The molecular weight excluding hydrogens is 421 g/mol. The molecule has 1 aromatic heterocycles. The topological polar surface area (TPSA) is 70.6 Å². The lowest BCUT2D eigenvalue weighted by molar-refractivity contribution is -0.119. The lowest BCUT2D eigenvalue weighted by Crippen LogP contribution is -2.27. The number of amides is 1. The Morgan fingerprint density at radius 3 is 2.65 bits per heavy atom. The zero-order valence-electron chi connectivity index (χ0n) is 17.7. The van der Waals surface area contributed by atoms with Crippen LogP contribution in [0.2, 0.25) is 5.02 Å². The van der Waals surface area contributed by atoms with Crippen molar-refractivity contribution in [3.63, 3.8) is 0 Å². The van der Waals surface area contributed by atoms with Crippen LogP contribution in [0.15, 0.2) is 30.5 Å². The number of nitrogens with one attached hydrogen (secondary N) is 1. The highest BCUT2D eigenvalue weighted by atomic mass is 35.5. The molecule has 2 aliphatic heterocycles. The van der Waals surface area contributed by atoms with Gasteiger partial charge < -0.3 is 19.9 Å². The Balaban J connectivity index is 1.38. The van der Waals surface area contributed by atoms with Gasteiger partial charge in [0.05, 0.1) is 25.3 Å². The van der Waals surface area contributed by atoms with Gasteiger partial charge in [0.15, 0.2) is 5.82 Å². The molecule has 3 heterocycles. The number of benzene rings is 1. The highest BCUT2D eigenvalue weighted by molar-refractivity contribution is 6.32. The summed E-state index contributed by atoms with van der Waals surface area (Å²) >= 11 is 6.37. The van der Waals surface area contributed by atoms with Crippen LogP contribution in [0.4, 0.5) is 16.2 Å². The number of ether oxygens (including phenoxy) is 1. The third-order valence-corrected chi connectivity index (χ3v) is 5.94. The first-order chi connectivity index (χ1) is 14.9. The fourth-order valence-corrected chi connectivity index (χ4v) is 4.27. The Morgan fingerprint density at radius 2 is 1.97 bits per heavy atom. The lowest BCUT2D eigenvalue weighted by Gasteiger charge is -2.22. The normalized spacial score (nSPS) is 21.9. The first-order valence-electron chi connectivity index (χ1n) is 10.6. The number of carbonyl (C=O) groups excluding carboxylic acids is 1. The highest BCUT2D eigenvalue weighted by Gasteiger charge is 2.29. The summed E-state index contributed by atoms with van der Waals surface area (Å²) in [5.74, 6) is 1.91. The van der Waals surface area contributed by atoms with Gasteiger partial charge in [-0.3, -0.25) is 4.79 Å². The van der Waals surface area contributed by atoms with E-state index in [2.05, 4.69) is 20.2 Å². The maximum atomic E-state index is 13.6. The van der Waals surface area contributed by atoms with E-state index in [0.717, 1.165) is 24.3 Å². The molecule has 1 N–H and O–H groups in total. The van der Waals surface area contributed by atoms with Crippen molar-refractivity contribution in [2.75, 3.05) is 36.0 Å². The molecule has 0 radical (unpaired) electrons. The zero-order valence-corrected chi connectivity index (χ0v) is 18.5. The van der Waals surface area contributed by atoms with Crippen LogP contribution in [0.25, 0.3) is 0 Å². The molecule has 1 amide bonds. The van der Waals surface area contributed by atoms with Gasteiger partial charge in [-0.05, 0) is 31.0 Å². The number of rotatable bonds is 6. The summed E-state index contributed by atoms with van der Waals surface area (Å²) in [7, 11) is 0. The van der Waals surface area contributed by atoms with Gasteiger partial charge in [-0.2, -0.15) is 4.98 Å². The SMILES string of the molecule is CC(=O)N[C@@H](C)c1ccc(O[C@@H]2CCN(c3nc(N4CC[C@H](F)C4)ncc3Cl)C2)cc1. The molecule has 166 valence electrons. The van der Waals surface area contributed by atoms with Gasteiger partial charge in [0.1, 0.15) is 23.0 Å². The summed E-state index contributed by atoms with van der Waals surface area (Å²) < 4.78 is 19.7. The number of alkyl halides is 1. The highest BCUT2D eigenvalue weighted by Crippen LogP contribution is 2.30. The van der Waals surface area contributed by atoms with E-state index in [4.69, 9.17) is 16.3 Å². The number of nitrogens with zero attached hydrogens (tertiary/aromatic N) is 4. The van der Waals surface area contributed by atoms with Crippen molar-refractivity contribution in [1.29, 1.82) is 0 Å². The fraction of sp³-hybridized carbons (Fsp3) is 0.500. The standard InChI is InChI=1S/C22H27ClFN5O2/c1-14(26-15(2)30)16-3-5-18(6-4-16)31-19-8-10-28(13-19)21-20(23)11-25-22(27-21)29-9-7-17(24)12-29/h3-6,11,14,17,19H,7-10,12-13H2,1-2H3,(H,26,30)/t14-,17-,19+/m0/s1. The Labute approximate surface area is 186 Å². The first kappa shape index (κ1) is 21.6. The fourth-order valence-electron chi connectivity index (χ4n) is 4.06. The molecule has 4 rings (SSSR count). The Bertz CT molecular complexity index is 929. The summed E-state index contributed by atoms with van der Waals surface area (Å²) in [6, 6.07) is 7.72. The number of halogens is 2. The van der Waals surface area contributed by atoms with Gasteiger partial charge in [0.2, 0.25) is 11.9 Å². The van der Waals surface area contributed by atoms with E-state index in [-0.39, 0.29) is 18.1 Å². The second-order valence-corrected chi connectivity index (χ2v) is 8.55. The quantitative estimate of drug-likeness (QED) is 0.730. The molecule has 9 heteroatoms. The molecule has 3 atom stereocenters. The van der Waals surface area contributed by atoms with E-state index in [9.17, 15) is 9.18 Å². The van der Waals surface area contributed by atoms with Crippen LogP contribution in [0.5, 0.6) is 5.75 Å². The summed E-state index contributed by atoms with van der Waals surface area (Å²) in [6.07, 6.45) is 2.11. The molecule has 2 aliphatic rings. The summed E-state index contributed by atoms with van der Waals surface area (Å²) in [6.45, 7) is 5.82. The smallest absolute Gasteiger partial charge is 0.227 e. The van der Waals surface area contributed by atoms with Gasteiger partial charge >= 0.3 is 0 Å². The molecule has 0 aliphatic carbocycles. The summed E-state index contributed by atoms with van der Waals surface area (Å²) in [5.41, 5.74) is 1.02. The second kappa shape index (κ2) is 9.26. The molecule has 2 saturated heterocycles. The van der Waals surface area contributed by atoms with E-state index < -0.39 is 6.17 Å². The van der Waals surface area contributed by atoms with Crippen LogP contribution in [0.3, 0.4) is 0 Å². The summed E-state index contributed by atoms with van der Waals surface area (Å²) in [5, 5.41) is 3.36. The predicted molar refractivity (Wildman–Crippen MR) is 119 cm³/mol. The molecule has 0 unspecified atom stereocenters. The molecule has 2 fully saturated rings. The maximum absolute atomic E-state index is 13.6. The molecule has 0 spiro atoms. The largest absolute Gasteiger partial charge is 0.489 e. The predicted octanol–water partition coefficient (Wildman–Crippen LogP) is 3.53. The van der Waals surface area contributed by atoms with Crippen molar-refractivity contribution in [2.24, 2.45) is 0 Å². The van der Waals surface area contributed by atoms with Crippen molar-refractivity contribution in [3.05, 3.63) is 41.0 Å². The monoisotopic (exact) mass is 447 g/mol. The maximum Gasteiger partial charge on any atom is 0.227 e. The van der Waals surface area contributed by atoms with Gasteiger partial charge in [-0.25, -0.2) is 9.37 Å². The van der Waals surface area contributed by atoms with Crippen LogP contribution in [0.1, 0.15) is 38.3 Å².